The van der Waals surface area contributed by atoms with Crippen molar-refractivity contribution in [1.82, 2.24) is 20.1 Å². The lowest BCUT2D eigenvalue weighted by molar-refractivity contribution is -0.121. The predicted molar refractivity (Wildman–Crippen MR) is 109 cm³/mol. The largest absolute Gasteiger partial charge is 0.352 e. The minimum absolute atomic E-state index is 0.0346. The number of nitrogens with one attached hydrogen (secondary N) is 1. The molecule has 1 N–H and O–H groups in total. The maximum Gasteiger partial charge on any atom is 0.220 e. The van der Waals surface area contributed by atoms with Gasteiger partial charge in [0.25, 0.3) is 0 Å². The van der Waals surface area contributed by atoms with Gasteiger partial charge in [-0.2, -0.15) is 5.10 Å². The van der Waals surface area contributed by atoms with Crippen molar-refractivity contribution in [2.45, 2.75) is 45.2 Å². The van der Waals surface area contributed by atoms with Crippen molar-refractivity contribution in [3.05, 3.63) is 82.9 Å². The minimum atomic E-state index is -0.105. The van der Waals surface area contributed by atoms with Crippen LogP contribution in [0.5, 0.6) is 0 Å². The Bertz CT molecular complexity index is 994. The number of aromatic nitrogens is 3. The highest BCUT2D eigenvalue weighted by atomic mass is 16.2. The van der Waals surface area contributed by atoms with Crippen LogP contribution in [0.25, 0.3) is 0 Å². The average molecular weight is 388 g/mol. The molecule has 29 heavy (non-hydrogen) atoms. The summed E-state index contributed by atoms with van der Waals surface area (Å²) in [5.41, 5.74) is 5.50. The van der Waals surface area contributed by atoms with Crippen molar-refractivity contribution in [2.75, 3.05) is 0 Å². The number of Topliss-reactive ketones (excluding diaryl/α,β-unsaturated/α-hetero) is 1. The number of rotatable bonds is 8. The van der Waals surface area contributed by atoms with E-state index in [0.717, 1.165) is 36.0 Å². The lowest BCUT2D eigenvalue weighted by atomic mass is 10.0. The third kappa shape index (κ3) is 4.96. The van der Waals surface area contributed by atoms with Crippen LogP contribution in [0.3, 0.4) is 0 Å². The lowest BCUT2D eigenvalue weighted by Crippen LogP contribution is -2.23. The van der Waals surface area contributed by atoms with E-state index in [0.29, 0.717) is 13.1 Å². The van der Waals surface area contributed by atoms with Crippen molar-refractivity contribution in [3.8, 4) is 0 Å². The number of carbonyl (C=O) groups is 2. The molecular formula is C23H24N4O2. The fourth-order valence-corrected chi connectivity index (χ4v) is 3.67. The molecule has 0 spiro atoms. The summed E-state index contributed by atoms with van der Waals surface area (Å²) < 4.78 is 1.76. The highest BCUT2D eigenvalue weighted by Gasteiger charge is 2.14. The number of aryl methyl sites for hydroxylation is 2. The first-order valence-electron chi connectivity index (χ1n) is 9.99. The second kappa shape index (κ2) is 8.82. The van der Waals surface area contributed by atoms with Crippen LogP contribution in [-0.2, 0) is 30.7 Å². The molecule has 0 radical (unpaired) electrons. The van der Waals surface area contributed by atoms with E-state index in [1.54, 1.807) is 11.0 Å². The van der Waals surface area contributed by atoms with Crippen LogP contribution in [0.2, 0.25) is 0 Å². The van der Waals surface area contributed by atoms with Crippen LogP contribution in [0.15, 0.2) is 55.1 Å². The molecule has 1 aliphatic rings. The standard InChI is InChI=1S/C23H24N4O2/c28-22(21-9-8-19-2-1-3-20(19)12-21)10-11-23(29)25-13-17-4-6-18(7-5-17)14-27-16-24-15-26-27/h4-9,12,15-16H,1-3,10-11,13-14H2,(H,25,29). The zero-order valence-electron chi connectivity index (χ0n) is 16.3. The fraction of sp³-hybridized carbons (Fsp3) is 0.304. The number of hydrogen-bond acceptors (Lipinski definition) is 4. The summed E-state index contributed by atoms with van der Waals surface area (Å²) in [5.74, 6) is -0.0708. The van der Waals surface area contributed by atoms with Gasteiger partial charge in [-0.25, -0.2) is 9.67 Å². The Morgan fingerprint density at radius 3 is 2.55 bits per heavy atom. The van der Waals surface area contributed by atoms with Gasteiger partial charge in [-0.3, -0.25) is 9.59 Å². The van der Waals surface area contributed by atoms with Crippen molar-refractivity contribution in [3.63, 3.8) is 0 Å². The molecule has 0 saturated heterocycles. The molecule has 0 atom stereocenters. The summed E-state index contributed by atoms with van der Waals surface area (Å²) >= 11 is 0. The quantitative estimate of drug-likeness (QED) is 0.602. The number of nitrogens with zero attached hydrogens (tertiary/aromatic N) is 3. The van der Waals surface area contributed by atoms with Gasteiger partial charge in [0.05, 0.1) is 6.54 Å². The van der Waals surface area contributed by atoms with Gasteiger partial charge >= 0.3 is 0 Å². The zero-order chi connectivity index (χ0) is 20.1. The first-order chi connectivity index (χ1) is 14.2. The maximum absolute atomic E-state index is 12.4. The highest BCUT2D eigenvalue weighted by molar-refractivity contribution is 5.98. The average Bonchev–Trinajstić information content (AvgIpc) is 3.42. The Balaban J connectivity index is 1.22. The van der Waals surface area contributed by atoms with Gasteiger partial charge in [0, 0.05) is 24.9 Å². The van der Waals surface area contributed by atoms with Gasteiger partial charge in [-0.05, 0) is 47.6 Å². The molecule has 0 fully saturated rings. The van der Waals surface area contributed by atoms with E-state index in [4.69, 9.17) is 0 Å². The van der Waals surface area contributed by atoms with Crippen LogP contribution in [0.1, 0.15) is 51.9 Å². The van der Waals surface area contributed by atoms with E-state index < -0.39 is 0 Å². The zero-order valence-corrected chi connectivity index (χ0v) is 16.3. The van der Waals surface area contributed by atoms with Gasteiger partial charge in [0.1, 0.15) is 12.7 Å². The second-order valence-electron chi connectivity index (χ2n) is 7.45. The summed E-state index contributed by atoms with van der Waals surface area (Å²) in [6.07, 6.45) is 6.96. The van der Waals surface area contributed by atoms with Crippen molar-refractivity contribution in [1.29, 1.82) is 0 Å². The van der Waals surface area contributed by atoms with Gasteiger partial charge in [0.15, 0.2) is 5.78 Å². The molecule has 6 heteroatoms. The molecule has 3 aromatic rings. The van der Waals surface area contributed by atoms with Crippen LogP contribution in [0.4, 0.5) is 0 Å². The van der Waals surface area contributed by atoms with Gasteiger partial charge in [-0.1, -0.05) is 36.4 Å². The maximum atomic E-state index is 12.4. The normalized spacial score (nSPS) is 12.6. The molecule has 6 nitrogen and oxygen atoms in total. The third-order valence-electron chi connectivity index (χ3n) is 5.32. The minimum Gasteiger partial charge on any atom is -0.352 e. The third-order valence-corrected chi connectivity index (χ3v) is 5.32. The Morgan fingerprint density at radius 1 is 0.966 bits per heavy atom. The van der Waals surface area contributed by atoms with E-state index in [-0.39, 0.29) is 24.5 Å². The summed E-state index contributed by atoms with van der Waals surface area (Å²) in [5, 5.41) is 6.98. The topological polar surface area (TPSA) is 76.9 Å². The molecule has 1 aromatic heterocycles. The molecule has 0 unspecified atom stereocenters. The van der Waals surface area contributed by atoms with Crippen LogP contribution in [0, 0.1) is 0 Å². The Kier molecular flexibility index (Phi) is 5.79. The fourth-order valence-electron chi connectivity index (χ4n) is 3.67. The van der Waals surface area contributed by atoms with Gasteiger partial charge in [-0.15, -0.1) is 0 Å². The number of fused-ring (bicyclic) bond motifs is 1. The second-order valence-corrected chi connectivity index (χ2v) is 7.45. The van der Waals surface area contributed by atoms with Crippen LogP contribution in [-0.4, -0.2) is 26.5 Å². The van der Waals surface area contributed by atoms with Crippen molar-refractivity contribution < 1.29 is 9.59 Å². The number of ketones is 1. The van der Waals surface area contributed by atoms with Crippen molar-refractivity contribution in [2.24, 2.45) is 0 Å². The van der Waals surface area contributed by atoms with E-state index in [9.17, 15) is 9.59 Å². The first kappa shape index (κ1) is 19.1. The van der Waals surface area contributed by atoms with E-state index in [2.05, 4.69) is 21.5 Å². The summed E-state index contributed by atoms with van der Waals surface area (Å²) in [4.78, 5) is 28.5. The monoisotopic (exact) mass is 388 g/mol. The molecule has 4 rings (SSSR count). The highest BCUT2D eigenvalue weighted by Crippen LogP contribution is 2.23. The molecule has 0 saturated carbocycles. The number of amides is 1. The molecule has 1 heterocycles. The smallest absolute Gasteiger partial charge is 0.220 e. The Labute approximate surface area is 170 Å². The lowest BCUT2D eigenvalue weighted by Gasteiger charge is -2.07. The SMILES string of the molecule is O=C(CCC(=O)c1ccc2c(c1)CCC2)NCc1ccc(Cn2cncn2)cc1. The predicted octanol–water partition coefficient (Wildman–Crippen LogP) is 3.09. The van der Waals surface area contributed by atoms with Crippen LogP contribution < -0.4 is 5.32 Å². The van der Waals surface area contributed by atoms with Crippen LogP contribution >= 0.6 is 0 Å². The van der Waals surface area contributed by atoms with Gasteiger partial charge in [0.2, 0.25) is 5.91 Å². The van der Waals surface area contributed by atoms with E-state index in [1.807, 2.05) is 36.4 Å². The number of carbonyl (C=O) groups excluding carboxylic acids is 2. The molecule has 148 valence electrons. The van der Waals surface area contributed by atoms with Crippen molar-refractivity contribution >= 4 is 11.7 Å². The molecule has 0 bridgehead atoms. The van der Waals surface area contributed by atoms with Gasteiger partial charge < -0.3 is 5.32 Å². The molecule has 1 aliphatic carbocycles. The number of benzene rings is 2. The summed E-state index contributed by atoms with van der Waals surface area (Å²) in [6.45, 7) is 1.12. The molecule has 2 aromatic carbocycles. The number of hydrogen-bond donors (Lipinski definition) is 1. The Hall–Kier alpha value is -3.28. The Morgan fingerprint density at radius 2 is 1.76 bits per heavy atom. The summed E-state index contributed by atoms with van der Waals surface area (Å²) in [7, 11) is 0. The van der Waals surface area contributed by atoms with E-state index >= 15 is 0 Å². The molecular weight excluding hydrogens is 364 g/mol. The first-order valence-corrected chi connectivity index (χ1v) is 9.99. The van der Waals surface area contributed by atoms with E-state index in [1.165, 1.54) is 17.5 Å². The summed E-state index contributed by atoms with van der Waals surface area (Å²) in [6, 6.07) is 14.0. The molecule has 0 aliphatic heterocycles. The molecule has 1 amide bonds.